The normalized spacial score (nSPS) is 27.2. The van der Waals surface area contributed by atoms with E-state index in [0.717, 1.165) is 0 Å². The van der Waals surface area contributed by atoms with Gasteiger partial charge in [0, 0.05) is 4.75 Å². The summed E-state index contributed by atoms with van der Waals surface area (Å²) in [5, 5.41) is 20.8. The molecule has 1 aromatic carbocycles. The van der Waals surface area contributed by atoms with Crippen LogP contribution in [0.4, 0.5) is 0 Å². The van der Waals surface area contributed by atoms with Crippen LogP contribution in [0, 0.1) is 0 Å². The van der Waals surface area contributed by atoms with Crippen molar-refractivity contribution in [3.8, 4) is 0 Å². The molecule has 9 heteroatoms. The maximum Gasteiger partial charge on any atom is 0.327 e. The van der Waals surface area contributed by atoms with Gasteiger partial charge < -0.3 is 20.4 Å². The zero-order valence-corrected chi connectivity index (χ0v) is 14.9. The fraction of sp³-hybridized carbons (Fsp3) is 0.412. The Bertz CT molecular complexity index is 781. The van der Waals surface area contributed by atoms with E-state index >= 15 is 0 Å². The molecule has 2 aliphatic heterocycles. The summed E-state index contributed by atoms with van der Waals surface area (Å²) in [7, 11) is 0. The second-order valence-corrected chi connectivity index (χ2v) is 8.54. The third kappa shape index (κ3) is 2.82. The van der Waals surface area contributed by atoms with Gasteiger partial charge in [-0.05, 0) is 19.4 Å². The van der Waals surface area contributed by atoms with E-state index in [2.05, 4.69) is 5.32 Å². The van der Waals surface area contributed by atoms with Gasteiger partial charge in [0.15, 0.2) is 5.92 Å². The van der Waals surface area contributed by atoms with Crippen molar-refractivity contribution in [1.82, 2.24) is 10.2 Å². The first-order chi connectivity index (χ1) is 12.1. The molecule has 1 unspecified atom stereocenters. The van der Waals surface area contributed by atoms with E-state index in [-0.39, 0.29) is 0 Å². The molecule has 3 rings (SSSR count). The second-order valence-electron chi connectivity index (χ2n) is 6.77. The fourth-order valence-electron chi connectivity index (χ4n) is 3.43. The molecule has 2 fully saturated rings. The Hall–Kier alpha value is -2.55. The van der Waals surface area contributed by atoms with Crippen LogP contribution in [0.25, 0.3) is 0 Å². The lowest BCUT2D eigenvalue weighted by Gasteiger charge is -2.43. The summed E-state index contributed by atoms with van der Waals surface area (Å²) < 4.78 is -0.711. The molecule has 0 saturated carbocycles. The zero-order chi connectivity index (χ0) is 19.2. The van der Waals surface area contributed by atoms with Crippen LogP contribution < -0.4 is 5.32 Å². The molecule has 0 spiro atoms. The van der Waals surface area contributed by atoms with Gasteiger partial charge in [0.25, 0.3) is 0 Å². The van der Waals surface area contributed by atoms with Crippen LogP contribution in [0.5, 0.6) is 0 Å². The third-order valence-electron chi connectivity index (χ3n) is 4.61. The molecule has 4 atom stereocenters. The van der Waals surface area contributed by atoms with Crippen molar-refractivity contribution in [2.24, 2.45) is 0 Å². The highest BCUT2D eigenvalue weighted by molar-refractivity contribution is 8.01. The highest BCUT2D eigenvalue weighted by Crippen LogP contribution is 2.50. The summed E-state index contributed by atoms with van der Waals surface area (Å²) in [6.45, 7) is 3.45. The van der Waals surface area contributed by atoms with Crippen molar-refractivity contribution >= 4 is 35.5 Å². The second kappa shape index (κ2) is 6.31. The van der Waals surface area contributed by atoms with E-state index in [9.17, 15) is 29.4 Å². The highest BCUT2D eigenvalue weighted by atomic mass is 32.2. The van der Waals surface area contributed by atoms with Crippen LogP contribution in [0.1, 0.15) is 25.3 Å². The topological polar surface area (TPSA) is 124 Å². The number of hydrogen-bond donors (Lipinski definition) is 3. The summed E-state index contributed by atoms with van der Waals surface area (Å²) in [4.78, 5) is 49.2. The number of aliphatic carboxylic acids is 2. The molecule has 8 nitrogen and oxygen atoms in total. The summed E-state index contributed by atoms with van der Waals surface area (Å²) >= 11 is 1.29. The van der Waals surface area contributed by atoms with E-state index in [1.165, 1.54) is 28.8 Å². The number of carboxylic acid groups (broad SMARTS) is 2. The molecule has 138 valence electrons. The van der Waals surface area contributed by atoms with Crippen LogP contribution in [0.15, 0.2) is 30.3 Å². The molecule has 26 heavy (non-hydrogen) atoms. The van der Waals surface area contributed by atoms with Crippen molar-refractivity contribution in [3.63, 3.8) is 0 Å². The summed E-state index contributed by atoms with van der Waals surface area (Å²) in [5.41, 5.74) is 0.309. The molecule has 3 N–H and O–H groups in total. The van der Waals surface area contributed by atoms with E-state index in [0.29, 0.717) is 5.56 Å². The van der Waals surface area contributed by atoms with Crippen LogP contribution in [-0.4, -0.2) is 61.1 Å². The largest absolute Gasteiger partial charge is 0.480 e. The van der Waals surface area contributed by atoms with E-state index in [1.807, 2.05) is 0 Å². The predicted molar refractivity (Wildman–Crippen MR) is 92.5 cm³/mol. The first-order valence-electron chi connectivity index (χ1n) is 7.96. The standard InChI is InChI=1S/C17H18N2O6S/c1-17(2)11(16(24)25)19-13(21)10(14(19)26-17)18-12(20)9(15(22)23)8-6-4-3-5-7-8/h3-7,9-11,14H,1-2H3,(H,18,20)(H,22,23)(H,24,25)/t9?,10-,11-,14-/m0/s1. The smallest absolute Gasteiger partial charge is 0.327 e. The minimum Gasteiger partial charge on any atom is -0.480 e. The van der Waals surface area contributed by atoms with Crippen molar-refractivity contribution in [2.75, 3.05) is 0 Å². The van der Waals surface area contributed by atoms with E-state index in [4.69, 9.17) is 0 Å². The summed E-state index contributed by atoms with van der Waals surface area (Å²) in [6.07, 6.45) is 0. The number of carboxylic acids is 2. The number of carbonyl (C=O) groups excluding carboxylic acids is 2. The van der Waals surface area contributed by atoms with Gasteiger partial charge in [-0.1, -0.05) is 30.3 Å². The Morgan fingerprint density at radius 2 is 1.81 bits per heavy atom. The van der Waals surface area contributed by atoms with Crippen molar-refractivity contribution in [2.45, 2.75) is 42.0 Å². The van der Waals surface area contributed by atoms with Gasteiger partial charge in [0.2, 0.25) is 11.8 Å². The number of β-lactam (4-membered cyclic amide) rings is 1. The van der Waals surface area contributed by atoms with Gasteiger partial charge in [0.1, 0.15) is 17.5 Å². The molecule has 2 aliphatic rings. The van der Waals surface area contributed by atoms with Gasteiger partial charge in [0.05, 0.1) is 0 Å². The Balaban J connectivity index is 1.78. The monoisotopic (exact) mass is 378 g/mol. The number of nitrogens with one attached hydrogen (secondary N) is 1. The number of hydrogen-bond acceptors (Lipinski definition) is 5. The maximum atomic E-state index is 12.5. The molecular weight excluding hydrogens is 360 g/mol. The maximum absolute atomic E-state index is 12.5. The summed E-state index contributed by atoms with van der Waals surface area (Å²) in [6, 6.07) is 6.10. The quantitative estimate of drug-likeness (QED) is 0.503. The molecule has 2 heterocycles. The molecule has 2 saturated heterocycles. The number of nitrogens with zero attached hydrogens (tertiary/aromatic N) is 1. The van der Waals surface area contributed by atoms with Gasteiger partial charge >= 0.3 is 11.9 Å². The molecule has 1 aromatic rings. The SMILES string of the molecule is CC1(C)S[C@H]2[C@@H](NC(=O)C(C(=O)O)c3ccccc3)C(=O)N2[C@H]1C(=O)O. The number of fused-ring (bicyclic) bond motifs is 1. The Morgan fingerprint density at radius 3 is 2.35 bits per heavy atom. The van der Waals surface area contributed by atoms with Crippen molar-refractivity contribution in [1.29, 1.82) is 0 Å². The van der Waals surface area contributed by atoms with Crippen LogP contribution in [0.2, 0.25) is 0 Å². The molecular formula is C17H18N2O6S. The van der Waals surface area contributed by atoms with Crippen molar-refractivity contribution in [3.05, 3.63) is 35.9 Å². The number of benzene rings is 1. The molecule has 0 bridgehead atoms. The van der Waals surface area contributed by atoms with Crippen molar-refractivity contribution < 1.29 is 29.4 Å². The van der Waals surface area contributed by atoms with Crippen LogP contribution in [-0.2, 0) is 19.2 Å². The Labute approximate surface area is 153 Å². The number of amides is 2. The first-order valence-corrected chi connectivity index (χ1v) is 8.84. The highest BCUT2D eigenvalue weighted by Gasteiger charge is 2.64. The average Bonchev–Trinajstić information content (AvgIpc) is 2.82. The Kier molecular flexibility index (Phi) is 4.43. The fourth-order valence-corrected chi connectivity index (χ4v) is 5.06. The lowest BCUT2D eigenvalue weighted by atomic mass is 9.94. The van der Waals surface area contributed by atoms with E-state index < -0.39 is 51.9 Å². The average molecular weight is 378 g/mol. The Morgan fingerprint density at radius 1 is 1.19 bits per heavy atom. The van der Waals surface area contributed by atoms with Gasteiger partial charge in [-0.3, -0.25) is 14.4 Å². The third-order valence-corrected chi connectivity index (χ3v) is 6.19. The van der Waals surface area contributed by atoms with Gasteiger partial charge in [-0.25, -0.2) is 4.79 Å². The van der Waals surface area contributed by atoms with Crippen LogP contribution >= 0.6 is 11.8 Å². The van der Waals surface area contributed by atoms with Gasteiger partial charge in [-0.2, -0.15) is 0 Å². The zero-order valence-electron chi connectivity index (χ0n) is 14.1. The number of rotatable bonds is 5. The predicted octanol–water partition coefficient (Wildman–Crippen LogP) is 0.486. The minimum absolute atomic E-state index is 0.309. The summed E-state index contributed by atoms with van der Waals surface area (Å²) in [5.74, 6) is -5.16. The first kappa shape index (κ1) is 18.2. The van der Waals surface area contributed by atoms with Crippen LogP contribution in [0.3, 0.4) is 0 Å². The minimum atomic E-state index is -1.44. The lowest BCUT2D eigenvalue weighted by molar-refractivity contribution is -0.161. The molecule has 0 aromatic heterocycles. The lowest BCUT2D eigenvalue weighted by Crippen LogP contribution is -2.71. The van der Waals surface area contributed by atoms with E-state index in [1.54, 1.807) is 32.0 Å². The number of carbonyl (C=O) groups is 4. The molecule has 0 aliphatic carbocycles. The van der Waals surface area contributed by atoms with Gasteiger partial charge in [-0.15, -0.1) is 11.8 Å². The number of thioether (sulfide) groups is 1. The molecule has 0 radical (unpaired) electrons. The molecule has 2 amide bonds.